The number of thiazole rings is 1. The number of ether oxygens (including phenoxy) is 1. The van der Waals surface area contributed by atoms with Gasteiger partial charge in [-0.1, -0.05) is 12.1 Å². The fourth-order valence-corrected chi connectivity index (χ4v) is 2.46. The molecule has 8 heteroatoms. The molecule has 0 radical (unpaired) electrons. The van der Waals surface area contributed by atoms with Crippen LogP contribution in [-0.4, -0.2) is 42.4 Å². The Labute approximate surface area is 144 Å². The fraction of sp³-hybridized carbons (Fsp3) is 0.312. The zero-order valence-electron chi connectivity index (χ0n) is 13.6. The SMILES string of the molecule is CN(C)C(=O)COc1cccc(CNC(=O)c2csc(CN)n2)c1. The second-order valence-electron chi connectivity index (χ2n) is 5.24. The lowest BCUT2D eigenvalue weighted by Gasteiger charge is -2.12. The van der Waals surface area contributed by atoms with E-state index in [1.54, 1.807) is 31.6 Å². The molecular formula is C16H20N4O3S. The van der Waals surface area contributed by atoms with E-state index >= 15 is 0 Å². The van der Waals surface area contributed by atoms with E-state index in [0.717, 1.165) is 10.6 Å². The molecule has 7 nitrogen and oxygen atoms in total. The standard InChI is InChI=1S/C16H20N4O3S/c1-20(2)15(21)9-23-12-5-3-4-11(6-12)8-18-16(22)13-10-24-14(7-17)19-13/h3-6,10H,7-9,17H2,1-2H3,(H,18,22). The molecule has 128 valence electrons. The van der Waals surface area contributed by atoms with E-state index in [0.29, 0.717) is 24.5 Å². The highest BCUT2D eigenvalue weighted by atomic mass is 32.1. The first-order valence-electron chi connectivity index (χ1n) is 7.34. The second kappa shape index (κ2) is 8.42. The number of aromatic nitrogens is 1. The average Bonchev–Trinajstić information content (AvgIpc) is 3.07. The van der Waals surface area contributed by atoms with Crippen LogP contribution in [-0.2, 0) is 17.9 Å². The molecule has 0 bridgehead atoms. The van der Waals surface area contributed by atoms with Crippen LogP contribution in [0.4, 0.5) is 0 Å². The highest BCUT2D eigenvalue weighted by molar-refractivity contribution is 7.09. The quantitative estimate of drug-likeness (QED) is 0.778. The molecule has 0 saturated heterocycles. The van der Waals surface area contributed by atoms with E-state index in [4.69, 9.17) is 10.5 Å². The minimum Gasteiger partial charge on any atom is -0.484 e. The van der Waals surface area contributed by atoms with Crippen LogP contribution in [0.2, 0.25) is 0 Å². The van der Waals surface area contributed by atoms with Crippen molar-refractivity contribution in [3.8, 4) is 5.75 Å². The first kappa shape index (κ1) is 17.9. The van der Waals surface area contributed by atoms with Gasteiger partial charge in [-0.05, 0) is 17.7 Å². The summed E-state index contributed by atoms with van der Waals surface area (Å²) in [5, 5.41) is 5.20. The number of nitrogens with one attached hydrogen (secondary N) is 1. The molecule has 0 saturated carbocycles. The maximum Gasteiger partial charge on any atom is 0.271 e. The summed E-state index contributed by atoms with van der Waals surface area (Å²) in [6.45, 7) is 0.639. The Morgan fingerprint density at radius 3 is 2.83 bits per heavy atom. The number of likely N-dealkylation sites (N-methyl/N-ethyl adjacent to an activating group) is 1. The van der Waals surface area contributed by atoms with Crippen LogP contribution < -0.4 is 15.8 Å². The molecule has 2 rings (SSSR count). The van der Waals surface area contributed by atoms with Gasteiger partial charge in [0.15, 0.2) is 6.61 Å². The molecular weight excluding hydrogens is 328 g/mol. The zero-order chi connectivity index (χ0) is 17.5. The normalized spacial score (nSPS) is 10.3. The van der Waals surface area contributed by atoms with Crippen molar-refractivity contribution in [2.45, 2.75) is 13.1 Å². The van der Waals surface area contributed by atoms with Gasteiger partial charge in [0.1, 0.15) is 16.5 Å². The molecule has 0 unspecified atom stereocenters. The van der Waals surface area contributed by atoms with Crippen LogP contribution >= 0.6 is 11.3 Å². The number of rotatable bonds is 7. The number of carbonyl (C=O) groups is 2. The summed E-state index contributed by atoms with van der Waals surface area (Å²) in [6.07, 6.45) is 0. The predicted molar refractivity (Wildman–Crippen MR) is 91.8 cm³/mol. The van der Waals surface area contributed by atoms with E-state index in [1.807, 2.05) is 12.1 Å². The van der Waals surface area contributed by atoms with Gasteiger partial charge >= 0.3 is 0 Å². The molecule has 2 aromatic rings. The van der Waals surface area contributed by atoms with Gasteiger partial charge in [-0.3, -0.25) is 9.59 Å². The van der Waals surface area contributed by atoms with Crippen LogP contribution in [0.1, 0.15) is 21.1 Å². The molecule has 0 fully saturated rings. The summed E-state index contributed by atoms with van der Waals surface area (Å²) in [5.74, 6) is 0.212. The summed E-state index contributed by atoms with van der Waals surface area (Å²) in [5.41, 5.74) is 6.72. The fourth-order valence-electron chi connectivity index (χ4n) is 1.80. The highest BCUT2D eigenvalue weighted by Crippen LogP contribution is 2.14. The number of hydrogen-bond donors (Lipinski definition) is 2. The third-order valence-electron chi connectivity index (χ3n) is 3.17. The molecule has 0 spiro atoms. The first-order chi connectivity index (χ1) is 11.5. The molecule has 0 aliphatic heterocycles. The molecule has 24 heavy (non-hydrogen) atoms. The van der Waals surface area contributed by atoms with Gasteiger partial charge in [-0.15, -0.1) is 11.3 Å². The largest absolute Gasteiger partial charge is 0.484 e. The number of carbonyl (C=O) groups excluding carboxylic acids is 2. The third kappa shape index (κ3) is 5.04. The minimum atomic E-state index is -0.250. The highest BCUT2D eigenvalue weighted by Gasteiger charge is 2.10. The lowest BCUT2D eigenvalue weighted by atomic mass is 10.2. The van der Waals surface area contributed by atoms with Crippen LogP contribution in [0.25, 0.3) is 0 Å². The molecule has 2 amide bonds. The van der Waals surface area contributed by atoms with Crippen molar-refractivity contribution in [2.75, 3.05) is 20.7 Å². The molecule has 1 aromatic carbocycles. The summed E-state index contributed by atoms with van der Waals surface area (Å²) in [4.78, 5) is 29.2. The van der Waals surface area contributed by atoms with Gasteiger partial charge in [-0.25, -0.2) is 4.98 Å². The van der Waals surface area contributed by atoms with E-state index in [9.17, 15) is 9.59 Å². The Balaban J connectivity index is 1.89. The lowest BCUT2D eigenvalue weighted by molar-refractivity contribution is -0.130. The van der Waals surface area contributed by atoms with Gasteiger partial charge in [-0.2, -0.15) is 0 Å². The van der Waals surface area contributed by atoms with Crippen molar-refractivity contribution in [1.29, 1.82) is 0 Å². The van der Waals surface area contributed by atoms with Crippen LogP contribution in [0.15, 0.2) is 29.6 Å². The van der Waals surface area contributed by atoms with Crippen LogP contribution in [0, 0.1) is 0 Å². The van der Waals surface area contributed by atoms with Crippen LogP contribution in [0.3, 0.4) is 0 Å². The maximum absolute atomic E-state index is 12.0. The lowest BCUT2D eigenvalue weighted by Crippen LogP contribution is -2.27. The summed E-state index contributed by atoms with van der Waals surface area (Å²) >= 11 is 1.36. The topological polar surface area (TPSA) is 97.5 Å². The Morgan fingerprint density at radius 1 is 1.38 bits per heavy atom. The second-order valence-corrected chi connectivity index (χ2v) is 6.18. The maximum atomic E-state index is 12.0. The Hall–Kier alpha value is -2.45. The Bertz CT molecular complexity index is 715. The summed E-state index contributed by atoms with van der Waals surface area (Å²) in [6, 6.07) is 7.23. The van der Waals surface area contributed by atoms with Crippen molar-refractivity contribution < 1.29 is 14.3 Å². The van der Waals surface area contributed by atoms with E-state index in [2.05, 4.69) is 10.3 Å². The first-order valence-corrected chi connectivity index (χ1v) is 8.22. The monoisotopic (exact) mass is 348 g/mol. The van der Waals surface area contributed by atoms with Gasteiger partial charge in [0.2, 0.25) is 0 Å². The summed E-state index contributed by atoms with van der Waals surface area (Å²) < 4.78 is 5.45. The number of nitrogens with zero attached hydrogens (tertiary/aromatic N) is 2. The van der Waals surface area contributed by atoms with Gasteiger partial charge in [0.05, 0.1) is 0 Å². The third-order valence-corrected chi connectivity index (χ3v) is 4.04. The zero-order valence-corrected chi connectivity index (χ0v) is 14.4. The molecule has 0 aliphatic rings. The number of hydrogen-bond acceptors (Lipinski definition) is 6. The molecule has 1 aromatic heterocycles. The Morgan fingerprint density at radius 2 is 2.17 bits per heavy atom. The number of benzene rings is 1. The van der Waals surface area contributed by atoms with Gasteiger partial charge in [0, 0.05) is 32.6 Å². The molecule has 1 heterocycles. The Kier molecular flexibility index (Phi) is 6.28. The van der Waals surface area contributed by atoms with E-state index in [-0.39, 0.29) is 18.4 Å². The van der Waals surface area contributed by atoms with Crippen molar-refractivity contribution in [2.24, 2.45) is 5.73 Å². The summed E-state index contributed by atoms with van der Waals surface area (Å²) in [7, 11) is 3.35. The number of amides is 2. The molecule has 0 aliphatic carbocycles. The van der Waals surface area contributed by atoms with Crippen molar-refractivity contribution in [3.05, 3.63) is 45.9 Å². The van der Waals surface area contributed by atoms with Crippen molar-refractivity contribution >= 4 is 23.2 Å². The van der Waals surface area contributed by atoms with Gasteiger partial charge in [0.25, 0.3) is 11.8 Å². The van der Waals surface area contributed by atoms with E-state index in [1.165, 1.54) is 16.2 Å². The minimum absolute atomic E-state index is 0.0243. The predicted octanol–water partition coefficient (Wildman–Crippen LogP) is 0.999. The van der Waals surface area contributed by atoms with E-state index < -0.39 is 0 Å². The number of nitrogens with two attached hydrogens (primary N) is 1. The van der Waals surface area contributed by atoms with Crippen LogP contribution in [0.5, 0.6) is 5.75 Å². The van der Waals surface area contributed by atoms with Gasteiger partial charge < -0.3 is 20.7 Å². The molecule has 0 atom stereocenters. The van der Waals surface area contributed by atoms with Crippen molar-refractivity contribution in [1.82, 2.24) is 15.2 Å². The van der Waals surface area contributed by atoms with Crippen molar-refractivity contribution in [3.63, 3.8) is 0 Å². The smallest absolute Gasteiger partial charge is 0.271 e. The molecule has 3 N–H and O–H groups in total. The average molecular weight is 348 g/mol.